The van der Waals surface area contributed by atoms with Crippen LogP contribution in [0, 0.1) is 11.3 Å². The largest absolute Gasteiger partial charge is 0.494 e. The average Bonchev–Trinajstić information content (AvgIpc) is 3.22. The summed E-state index contributed by atoms with van der Waals surface area (Å²) >= 11 is 2.89. The van der Waals surface area contributed by atoms with Crippen LogP contribution >= 0.6 is 23.1 Å². The highest BCUT2D eigenvalue weighted by atomic mass is 32.2. The fraction of sp³-hybridized carbons (Fsp3) is 0.333. The molecule has 1 unspecified atom stereocenters. The van der Waals surface area contributed by atoms with Crippen LogP contribution in [0.15, 0.2) is 51.3 Å². The van der Waals surface area contributed by atoms with Crippen molar-refractivity contribution in [1.29, 1.82) is 5.26 Å². The van der Waals surface area contributed by atoms with Crippen molar-refractivity contribution in [1.82, 2.24) is 10.2 Å². The highest BCUT2D eigenvalue weighted by molar-refractivity contribution is 8.00. The van der Waals surface area contributed by atoms with Crippen LogP contribution in [0.25, 0.3) is 0 Å². The van der Waals surface area contributed by atoms with Crippen molar-refractivity contribution in [2.24, 2.45) is 5.73 Å². The topological polar surface area (TPSA) is 105 Å². The first-order chi connectivity index (χ1) is 14.6. The van der Waals surface area contributed by atoms with E-state index in [9.17, 15) is 10.1 Å². The summed E-state index contributed by atoms with van der Waals surface area (Å²) in [5.74, 6) is 0.438. The normalized spacial score (nSPS) is 19.0. The lowest BCUT2D eigenvalue weighted by Crippen LogP contribution is -2.38. The predicted molar refractivity (Wildman–Crippen MR) is 117 cm³/mol. The van der Waals surface area contributed by atoms with Gasteiger partial charge in [0.05, 0.1) is 24.2 Å². The monoisotopic (exact) mass is 439 g/mol. The van der Waals surface area contributed by atoms with Crippen LogP contribution in [0.3, 0.4) is 0 Å². The number of para-hydroxylation sites is 1. The van der Waals surface area contributed by atoms with E-state index in [1.165, 1.54) is 23.1 Å². The Kier molecular flexibility index (Phi) is 5.79. The number of carbonyl (C=O) groups is 1. The van der Waals surface area contributed by atoms with Gasteiger partial charge in [0.1, 0.15) is 11.6 Å². The van der Waals surface area contributed by atoms with E-state index in [4.69, 9.17) is 10.5 Å². The van der Waals surface area contributed by atoms with Gasteiger partial charge in [-0.05, 0) is 32.1 Å². The molecule has 30 heavy (non-hydrogen) atoms. The Balaban J connectivity index is 1.95. The third kappa shape index (κ3) is 3.36. The van der Waals surface area contributed by atoms with Crippen molar-refractivity contribution < 1.29 is 9.53 Å². The molecule has 0 fully saturated rings. The second kappa shape index (κ2) is 8.50. The summed E-state index contributed by atoms with van der Waals surface area (Å²) in [4.78, 5) is 14.9. The van der Waals surface area contributed by atoms with Gasteiger partial charge in [0.25, 0.3) is 0 Å². The number of thioether (sulfide) groups is 1. The highest BCUT2D eigenvalue weighted by Gasteiger charge is 2.42. The number of allylic oxidation sites excluding steroid dienone is 3. The van der Waals surface area contributed by atoms with Crippen molar-refractivity contribution >= 4 is 34.0 Å². The molecule has 1 aromatic carbocycles. The van der Waals surface area contributed by atoms with E-state index in [2.05, 4.69) is 16.3 Å². The van der Waals surface area contributed by atoms with Crippen LogP contribution in [0.4, 0.5) is 5.13 Å². The molecule has 1 aliphatic heterocycles. The number of hydrogen-bond donors (Lipinski definition) is 1. The van der Waals surface area contributed by atoms with Crippen LogP contribution in [-0.2, 0) is 4.79 Å². The summed E-state index contributed by atoms with van der Waals surface area (Å²) in [5.41, 5.74) is 9.08. The highest BCUT2D eigenvalue weighted by Crippen LogP contribution is 2.48. The number of ketones is 1. The fourth-order valence-electron chi connectivity index (χ4n) is 4.00. The minimum atomic E-state index is -0.551. The average molecular weight is 440 g/mol. The second-order valence-electron chi connectivity index (χ2n) is 6.84. The minimum Gasteiger partial charge on any atom is -0.494 e. The van der Waals surface area contributed by atoms with E-state index < -0.39 is 5.92 Å². The van der Waals surface area contributed by atoms with Crippen molar-refractivity contribution in [3.05, 3.63) is 52.5 Å². The summed E-state index contributed by atoms with van der Waals surface area (Å²) in [6, 6.07) is 9.80. The van der Waals surface area contributed by atoms with Crippen molar-refractivity contribution in [3.8, 4) is 11.8 Å². The van der Waals surface area contributed by atoms with Gasteiger partial charge in [0, 0.05) is 23.3 Å². The summed E-state index contributed by atoms with van der Waals surface area (Å²) < 4.78 is 6.62. The van der Waals surface area contributed by atoms with E-state index in [0.29, 0.717) is 47.3 Å². The first-order valence-corrected chi connectivity index (χ1v) is 11.7. The number of benzene rings is 1. The second-order valence-corrected chi connectivity index (χ2v) is 8.85. The van der Waals surface area contributed by atoms with Crippen LogP contribution in [0.1, 0.15) is 37.7 Å². The summed E-state index contributed by atoms with van der Waals surface area (Å²) in [6.45, 7) is 2.39. The van der Waals surface area contributed by atoms with Gasteiger partial charge in [0.2, 0.25) is 5.13 Å². The first kappa shape index (κ1) is 20.4. The van der Waals surface area contributed by atoms with Gasteiger partial charge < -0.3 is 10.5 Å². The molecule has 2 aliphatic rings. The van der Waals surface area contributed by atoms with Crippen LogP contribution in [0.2, 0.25) is 0 Å². The predicted octanol–water partition coefficient (Wildman–Crippen LogP) is 3.96. The van der Waals surface area contributed by atoms with Gasteiger partial charge in [-0.1, -0.05) is 41.3 Å². The zero-order valence-corrected chi connectivity index (χ0v) is 18.3. The first-order valence-electron chi connectivity index (χ1n) is 9.66. The van der Waals surface area contributed by atoms with E-state index in [1.54, 1.807) is 4.90 Å². The molecule has 7 nitrogen and oxygen atoms in total. The van der Waals surface area contributed by atoms with Crippen molar-refractivity contribution in [3.63, 3.8) is 0 Å². The third-order valence-corrected chi connectivity index (χ3v) is 7.09. The minimum absolute atomic E-state index is 0.0346. The molecule has 1 aromatic heterocycles. The van der Waals surface area contributed by atoms with E-state index in [0.717, 1.165) is 22.0 Å². The van der Waals surface area contributed by atoms with Gasteiger partial charge in [-0.25, -0.2) is 0 Å². The fourth-order valence-corrected chi connectivity index (χ4v) is 5.30. The molecule has 2 N–H and O–H groups in total. The lowest BCUT2D eigenvalue weighted by Gasteiger charge is -2.38. The molecule has 0 amide bonds. The Morgan fingerprint density at radius 2 is 2.17 bits per heavy atom. The molecule has 0 saturated heterocycles. The molecule has 0 radical (unpaired) electrons. The number of ether oxygens (including phenoxy) is 1. The molecule has 2 heterocycles. The summed E-state index contributed by atoms with van der Waals surface area (Å²) in [7, 11) is 0. The van der Waals surface area contributed by atoms with Gasteiger partial charge in [0.15, 0.2) is 10.1 Å². The molecule has 9 heteroatoms. The molecule has 0 saturated carbocycles. The number of carbonyl (C=O) groups excluding carboxylic acids is 1. The summed E-state index contributed by atoms with van der Waals surface area (Å²) in [5, 5.41) is 19.1. The standard InChI is InChI=1S/C21H21N5O2S2/c1-3-28-16-10-5-4-7-12(16)17-13(11-22)19(23)26(20-24-25-21(29-2)30-20)14-8-6-9-15(27)18(14)17/h4-5,7,10,17H,3,6,8-9,23H2,1-2H3. The lowest BCUT2D eigenvalue weighted by molar-refractivity contribution is -0.116. The Morgan fingerprint density at radius 1 is 1.37 bits per heavy atom. The number of aromatic nitrogens is 2. The number of anilines is 1. The molecular formula is C21H21N5O2S2. The van der Waals surface area contributed by atoms with Crippen LogP contribution in [0.5, 0.6) is 5.75 Å². The SMILES string of the molecule is CCOc1ccccc1C1C(C#N)=C(N)N(c2nnc(SC)s2)C2=C1C(=O)CCC2. The molecular weight excluding hydrogens is 418 g/mol. The molecule has 4 rings (SSSR count). The Bertz CT molecular complexity index is 1100. The number of rotatable bonds is 5. The van der Waals surface area contributed by atoms with Gasteiger partial charge in [-0.15, -0.1) is 10.2 Å². The van der Waals surface area contributed by atoms with E-state index in [1.807, 2.05) is 37.4 Å². The number of nitrogens with two attached hydrogens (primary N) is 1. The van der Waals surface area contributed by atoms with Gasteiger partial charge >= 0.3 is 0 Å². The molecule has 0 bridgehead atoms. The number of hydrogen-bond acceptors (Lipinski definition) is 9. The van der Waals surface area contributed by atoms with Gasteiger partial charge in [-0.3, -0.25) is 9.69 Å². The van der Waals surface area contributed by atoms with Crippen molar-refractivity contribution in [2.45, 2.75) is 36.4 Å². The zero-order valence-electron chi connectivity index (χ0n) is 16.7. The van der Waals surface area contributed by atoms with Gasteiger partial charge in [-0.2, -0.15) is 5.26 Å². The van der Waals surface area contributed by atoms with Crippen molar-refractivity contribution in [2.75, 3.05) is 17.8 Å². The zero-order chi connectivity index (χ0) is 21.3. The molecule has 154 valence electrons. The molecule has 0 spiro atoms. The van der Waals surface area contributed by atoms with Crippen LogP contribution < -0.4 is 15.4 Å². The Hall–Kier alpha value is -2.83. The number of Topliss-reactive ketones (excluding diaryl/α,β-unsaturated/α-hetero) is 1. The Labute approximate surface area is 183 Å². The molecule has 2 aromatic rings. The van der Waals surface area contributed by atoms with Crippen LogP contribution in [-0.4, -0.2) is 28.8 Å². The number of nitriles is 1. The quantitative estimate of drug-likeness (QED) is 0.698. The maximum atomic E-state index is 13.2. The lowest BCUT2D eigenvalue weighted by atomic mass is 9.75. The van der Waals surface area contributed by atoms with E-state index >= 15 is 0 Å². The maximum absolute atomic E-state index is 13.2. The number of nitrogens with zero attached hydrogens (tertiary/aromatic N) is 4. The van der Waals surface area contributed by atoms with E-state index in [-0.39, 0.29) is 5.78 Å². The Morgan fingerprint density at radius 3 is 2.87 bits per heavy atom. The molecule has 1 atom stereocenters. The third-order valence-electron chi connectivity index (χ3n) is 5.20. The maximum Gasteiger partial charge on any atom is 0.219 e. The smallest absolute Gasteiger partial charge is 0.219 e. The summed E-state index contributed by atoms with van der Waals surface area (Å²) in [6.07, 6.45) is 3.79. The molecule has 1 aliphatic carbocycles.